The average Bonchev–Trinajstić information content (AvgIpc) is 2.93. The fraction of sp³-hybridized carbons (Fsp3) is 0.909. The van der Waals surface area contributed by atoms with Crippen LogP contribution < -0.4 is 5.32 Å². The summed E-state index contributed by atoms with van der Waals surface area (Å²) < 4.78 is 10.9. The number of esters is 2. The van der Waals surface area contributed by atoms with E-state index in [1.54, 1.807) is 0 Å². The Morgan fingerprint density at radius 3 is 1.35 bits per heavy atom. The van der Waals surface area contributed by atoms with E-state index < -0.39 is 12.2 Å². The van der Waals surface area contributed by atoms with Crippen LogP contribution in [0.2, 0.25) is 0 Å². The molecule has 0 radical (unpaired) electrons. The Labute approximate surface area is 245 Å². The number of ether oxygens (including phenoxy) is 2. The van der Waals surface area contributed by atoms with Crippen molar-refractivity contribution in [2.24, 2.45) is 0 Å². The minimum Gasteiger partial charge on any atom is -0.465 e. The molecular weight excluding hydrogens is 506 g/mol. The van der Waals surface area contributed by atoms with Gasteiger partial charge < -0.3 is 19.9 Å². The molecule has 0 fully saturated rings. The van der Waals surface area contributed by atoms with Gasteiger partial charge in [-0.2, -0.15) is 0 Å². The summed E-state index contributed by atoms with van der Waals surface area (Å²) in [5, 5.41) is 11.1. The molecule has 1 amide bonds. The van der Waals surface area contributed by atoms with Crippen molar-refractivity contribution >= 4 is 18.0 Å². The zero-order chi connectivity index (χ0) is 29.5. The summed E-state index contributed by atoms with van der Waals surface area (Å²) in [7, 11) is 0. The zero-order valence-corrected chi connectivity index (χ0v) is 26.2. The smallest absolute Gasteiger partial charge is 0.404 e. The summed E-state index contributed by atoms with van der Waals surface area (Å²) in [6.45, 7) is 4.59. The van der Waals surface area contributed by atoms with Crippen LogP contribution in [0.4, 0.5) is 4.79 Å². The monoisotopic (exact) mass is 569 g/mol. The molecule has 0 aromatic rings. The third-order valence-electron chi connectivity index (χ3n) is 7.44. The van der Waals surface area contributed by atoms with Gasteiger partial charge in [-0.25, -0.2) is 4.79 Å². The maximum atomic E-state index is 12.3. The van der Waals surface area contributed by atoms with Gasteiger partial charge in [-0.15, -0.1) is 0 Å². The van der Waals surface area contributed by atoms with Crippen molar-refractivity contribution in [2.45, 2.75) is 180 Å². The Balaban J connectivity index is 3.97. The second-order valence-electron chi connectivity index (χ2n) is 11.4. The molecule has 236 valence electrons. The maximum absolute atomic E-state index is 12.3. The van der Waals surface area contributed by atoms with Gasteiger partial charge in [0.1, 0.15) is 12.7 Å². The van der Waals surface area contributed by atoms with Gasteiger partial charge in [-0.3, -0.25) is 9.59 Å². The molecule has 0 aliphatic carbocycles. The lowest BCUT2D eigenvalue weighted by Gasteiger charge is -2.18. The Morgan fingerprint density at radius 1 is 0.575 bits per heavy atom. The van der Waals surface area contributed by atoms with E-state index >= 15 is 0 Å². The van der Waals surface area contributed by atoms with E-state index in [0.717, 1.165) is 38.5 Å². The summed E-state index contributed by atoms with van der Waals surface area (Å²) >= 11 is 0. The van der Waals surface area contributed by atoms with Gasteiger partial charge in [0.2, 0.25) is 0 Å². The fourth-order valence-corrected chi connectivity index (χ4v) is 4.89. The fourth-order valence-electron chi connectivity index (χ4n) is 4.89. The van der Waals surface area contributed by atoms with Crippen LogP contribution in [0.1, 0.15) is 174 Å². The molecule has 0 aromatic carbocycles. The van der Waals surface area contributed by atoms with Crippen LogP contribution in [-0.4, -0.2) is 42.4 Å². The molecule has 7 heteroatoms. The van der Waals surface area contributed by atoms with Crippen LogP contribution in [0, 0.1) is 0 Å². The first-order valence-electron chi connectivity index (χ1n) is 16.8. The Hall–Kier alpha value is -1.79. The highest BCUT2D eigenvalue weighted by Crippen LogP contribution is 2.14. The van der Waals surface area contributed by atoms with Crippen LogP contribution in [-0.2, 0) is 19.1 Å². The molecule has 0 aliphatic rings. The molecule has 2 N–H and O–H groups in total. The lowest BCUT2D eigenvalue weighted by molar-refractivity contribution is -0.159. The van der Waals surface area contributed by atoms with Crippen LogP contribution in [0.5, 0.6) is 0 Å². The average molecular weight is 570 g/mol. The van der Waals surface area contributed by atoms with E-state index in [4.69, 9.17) is 14.6 Å². The van der Waals surface area contributed by atoms with E-state index in [2.05, 4.69) is 19.2 Å². The first-order valence-corrected chi connectivity index (χ1v) is 16.8. The standard InChI is InChI=1S/C33H63NO6/c1-3-5-7-9-11-13-15-17-19-21-23-25-31(35)39-29-30(27-28-34-33(37)38)40-32(36)26-24-22-20-18-16-14-12-10-8-6-4-2/h30,34H,3-29H2,1-2H3,(H,37,38). The minimum absolute atomic E-state index is 0.0256. The number of hydrogen-bond acceptors (Lipinski definition) is 5. The van der Waals surface area contributed by atoms with Gasteiger partial charge in [-0.05, 0) is 12.8 Å². The quantitative estimate of drug-likeness (QED) is 0.0659. The van der Waals surface area contributed by atoms with Crippen molar-refractivity contribution in [3.63, 3.8) is 0 Å². The molecule has 0 bridgehead atoms. The van der Waals surface area contributed by atoms with Gasteiger partial charge in [-0.1, -0.05) is 142 Å². The molecule has 0 heterocycles. The van der Waals surface area contributed by atoms with Gasteiger partial charge in [0.05, 0.1) is 0 Å². The first kappa shape index (κ1) is 38.2. The molecule has 7 nitrogen and oxygen atoms in total. The Morgan fingerprint density at radius 2 is 0.950 bits per heavy atom. The first-order chi connectivity index (χ1) is 19.5. The minimum atomic E-state index is -1.13. The van der Waals surface area contributed by atoms with Crippen molar-refractivity contribution < 1.29 is 29.0 Å². The highest BCUT2D eigenvalue weighted by atomic mass is 16.6. The van der Waals surface area contributed by atoms with Gasteiger partial charge >= 0.3 is 18.0 Å². The van der Waals surface area contributed by atoms with Crippen molar-refractivity contribution in [1.29, 1.82) is 0 Å². The lowest BCUT2D eigenvalue weighted by Crippen LogP contribution is -2.31. The predicted octanol–water partition coefficient (Wildman–Crippen LogP) is 9.50. The number of unbranched alkanes of at least 4 members (excludes halogenated alkanes) is 20. The van der Waals surface area contributed by atoms with Crippen molar-refractivity contribution in [3.8, 4) is 0 Å². The zero-order valence-electron chi connectivity index (χ0n) is 26.2. The Bertz CT molecular complexity index is 597. The highest BCUT2D eigenvalue weighted by molar-refractivity contribution is 5.70. The molecule has 0 aromatic heterocycles. The van der Waals surface area contributed by atoms with Gasteiger partial charge in [0.25, 0.3) is 0 Å². The third kappa shape index (κ3) is 29.2. The predicted molar refractivity (Wildman–Crippen MR) is 164 cm³/mol. The van der Waals surface area contributed by atoms with Crippen LogP contribution in [0.25, 0.3) is 0 Å². The molecule has 0 aliphatic heterocycles. The summed E-state index contributed by atoms with van der Waals surface area (Å²) in [6, 6.07) is 0. The number of hydrogen-bond donors (Lipinski definition) is 2. The largest absolute Gasteiger partial charge is 0.465 e. The SMILES string of the molecule is CCCCCCCCCCCCCC(=O)OCC(CCNC(=O)O)OC(=O)CCCCCCCCCCCCC. The number of carbonyl (C=O) groups excluding carboxylic acids is 2. The topological polar surface area (TPSA) is 102 Å². The molecule has 0 rings (SSSR count). The molecule has 0 spiro atoms. The second-order valence-corrected chi connectivity index (χ2v) is 11.4. The van der Waals surface area contributed by atoms with E-state index in [1.165, 1.54) is 103 Å². The lowest BCUT2D eigenvalue weighted by atomic mass is 10.1. The molecular formula is C33H63NO6. The molecule has 0 saturated heterocycles. The Kier molecular flexibility index (Phi) is 28.8. The van der Waals surface area contributed by atoms with E-state index in [1.807, 2.05) is 0 Å². The van der Waals surface area contributed by atoms with Crippen LogP contribution in [0.3, 0.4) is 0 Å². The van der Waals surface area contributed by atoms with E-state index in [-0.39, 0.29) is 31.5 Å². The summed E-state index contributed by atoms with van der Waals surface area (Å²) in [5.41, 5.74) is 0. The van der Waals surface area contributed by atoms with Crippen LogP contribution in [0.15, 0.2) is 0 Å². The van der Waals surface area contributed by atoms with Gasteiger partial charge in [0.15, 0.2) is 0 Å². The number of carbonyl (C=O) groups is 3. The number of rotatable bonds is 30. The summed E-state index contributed by atoms with van der Waals surface area (Å²) in [4.78, 5) is 35.3. The number of carboxylic acid groups (broad SMARTS) is 1. The highest BCUT2D eigenvalue weighted by Gasteiger charge is 2.17. The summed E-state index contributed by atoms with van der Waals surface area (Å²) in [5.74, 6) is -0.591. The molecule has 1 atom stereocenters. The van der Waals surface area contributed by atoms with Crippen molar-refractivity contribution in [2.75, 3.05) is 13.2 Å². The van der Waals surface area contributed by atoms with Crippen molar-refractivity contribution in [3.05, 3.63) is 0 Å². The third-order valence-corrected chi connectivity index (χ3v) is 7.44. The molecule has 1 unspecified atom stereocenters. The van der Waals surface area contributed by atoms with E-state index in [9.17, 15) is 14.4 Å². The normalized spacial score (nSPS) is 11.8. The second kappa shape index (κ2) is 30.2. The van der Waals surface area contributed by atoms with Crippen LogP contribution >= 0.6 is 0 Å². The number of amides is 1. The molecule has 40 heavy (non-hydrogen) atoms. The van der Waals surface area contributed by atoms with Crippen molar-refractivity contribution in [1.82, 2.24) is 5.32 Å². The summed E-state index contributed by atoms with van der Waals surface area (Å²) in [6.07, 6.45) is 26.0. The maximum Gasteiger partial charge on any atom is 0.404 e. The van der Waals surface area contributed by atoms with E-state index in [0.29, 0.717) is 12.8 Å². The number of nitrogens with one attached hydrogen (secondary N) is 1. The van der Waals surface area contributed by atoms with Gasteiger partial charge in [0, 0.05) is 25.8 Å². The molecule has 0 saturated carbocycles.